The quantitative estimate of drug-likeness (QED) is 0.0261. The summed E-state index contributed by atoms with van der Waals surface area (Å²) in [4.78, 5) is 38.2. The van der Waals surface area contributed by atoms with Crippen molar-refractivity contribution in [3.8, 4) is 0 Å². The maximum Gasteiger partial charge on any atom is 0.306 e. The molecule has 0 aromatic carbocycles. The molecule has 0 fully saturated rings. The highest BCUT2D eigenvalue weighted by Crippen LogP contribution is 2.14. The van der Waals surface area contributed by atoms with Crippen LogP contribution in [0.3, 0.4) is 0 Å². The third-order valence-electron chi connectivity index (χ3n) is 12.2. The monoisotopic (exact) mass is 985 g/mol. The van der Waals surface area contributed by atoms with Gasteiger partial charge in [0.25, 0.3) is 0 Å². The molecular weight excluding hydrogens is 877 g/mol. The summed E-state index contributed by atoms with van der Waals surface area (Å²) >= 11 is 0. The molecule has 0 heterocycles. The first kappa shape index (κ1) is 67.1. The Hall–Kier alpha value is -3.93. The van der Waals surface area contributed by atoms with Gasteiger partial charge in [-0.1, -0.05) is 233 Å². The largest absolute Gasteiger partial charge is 0.462 e. The number of carbonyl (C=O) groups excluding carboxylic acids is 3. The van der Waals surface area contributed by atoms with Gasteiger partial charge in [-0.15, -0.1) is 0 Å². The summed E-state index contributed by atoms with van der Waals surface area (Å²) in [7, 11) is 0. The fourth-order valence-electron chi connectivity index (χ4n) is 7.83. The molecule has 0 radical (unpaired) electrons. The van der Waals surface area contributed by atoms with Gasteiger partial charge in [-0.3, -0.25) is 14.4 Å². The van der Waals surface area contributed by atoms with E-state index >= 15 is 0 Å². The van der Waals surface area contributed by atoms with Gasteiger partial charge in [0.1, 0.15) is 13.2 Å². The zero-order valence-electron chi connectivity index (χ0n) is 46.2. The molecule has 1 atom stereocenters. The van der Waals surface area contributed by atoms with Crippen LogP contribution in [0.1, 0.15) is 265 Å². The highest BCUT2D eigenvalue weighted by molar-refractivity contribution is 5.71. The number of unbranched alkanes of at least 4 members (excludes halogenated alkanes) is 23. The van der Waals surface area contributed by atoms with Gasteiger partial charge in [0.05, 0.1) is 0 Å². The van der Waals surface area contributed by atoms with E-state index in [1.165, 1.54) is 122 Å². The fraction of sp³-hybridized carbons (Fsp3) is 0.677. The van der Waals surface area contributed by atoms with E-state index in [2.05, 4.69) is 130 Å². The van der Waals surface area contributed by atoms with Crippen molar-refractivity contribution in [2.75, 3.05) is 13.2 Å². The Bertz CT molecular complexity index is 1460. The lowest BCUT2D eigenvalue weighted by Crippen LogP contribution is -2.30. The van der Waals surface area contributed by atoms with E-state index in [1.807, 2.05) is 0 Å². The molecule has 0 rings (SSSR count). The number of hydrogen-bond donors (Lipinski definition) is 0. The molecule has 0 spiro atoms. The summed E-state index contributed by atoms with van der Waals surface area (Å²) in [6.45, 7) is 6.45. The van der Waals surface area contributed by atoms with Crippen LogP contribution in [0.5, 0.6) is 0 Å². The lowest BCUT2D eigenvalue weighted by Gasteiger charge is -2.18. The third kappa shape index (κ3) is 56.9. The van der Waals surface area contributed by atoms with Crippen LogP contribution in [0, 0.1) is 0 Å². The zero-order chi connectivity index (χ0) is 51.4. The average molecular weight is 986 g/mol. The van der Waals surface area contributed by atoms with Crippen LogP contribution in [-0.4, -0.2) is 37.2 Å². The maximum absolute atomic E-state index is 12.8. The predicted octanol–water partition coefficient (Wildman–Crippen LogP) is 19.9. The highest BCUT2D eigenvalue weighted by atomic mass is 16.6. The van der Waals surface area contributed by atoms with Crippen LogP contribution < -0.4 is 0 Å². The van der Waals surface area contributed by atoms with E-state index in [0.717, 1.165) is 96.3 Å². The molecule has 0 saturated heterocycles. The van der Waals surface area contributed by atoms with Crippen LogP contribution in [0.2, 0.25) is 0 Å². The molecule has 6 heteroatoms. The summed E-state index contributed by atoms with van der Waals surface area (Å²) in [6.07, 6.45) is 79.4. The Morgan fingerprint density at radius 1 is 0.296 bits per heavy atom. The molecule has 0 aliphatic rings. The first-order valence-corrected chi connectivity index (χ1v) is 29.4. The molecule has 0 amide bonds. The van der Waals surface area contributed by atoms with Gasteiger partial charge in [-0.2, -0.15) is 0 Å². The lowest BCUT2D eigenvalue weighted by atomic mass is 10.1. The van der Waals surface area contributed by atoms with Crippen molar-refractivity contribution in [3.63, 3.8) is 0 Å². The summed E-state index contributed by atoms with van der Waals surface area (Å²) in [5.41, 5.74) is 0. The van der Waals surface area contributed by atoms with Gasteiger partial charge in [0, 0.05) is 19.3 Å². The topological polar surface area (TPSA) is 78.9 Å². The smallest absolute Gasteiger partial charge is 0.306 e. The van der Waals surface area contributed by atoms with E-state index in [1.54, 1.807) is 0 Å². The highest BCUT2D eigenvalue weighted by Gasteiger charge is 2.19. The first-order valence-electron chi connectivity index (χ1n) is 29.4. The number of esters is 3. The molecule has 71 heavy (non-hydrogen) atoms. The lowest BCUT2D eigenvalue weighted by molar-refractivity contribution is -0.167. The Morgan fingerprint density at radius 3 is 0.930 bits per heavy atom. The fourth-order valence-corrected chi connectivity index (χ4v) is 7.83. The van der Waals surface area contributed by atoms with Crippen molar-refractivity contribution in [2.24, 2.45) is 0 Å². The van der Waals surface area contributed by atoms with Crippen LogP contribution in [0.4, 0.5) is 0 Å². The van der Waals surface area contributed by atoms with Crippen molar-refractivity contribution < 1.29 is 28.6 Å². The molecule has 0 aliphatic carbocycles. The van der Waals surface area contributed by atoms with E-state index in [9.17, 15) is 14.4 Å². The molecule has 0 saturated carbocycles. The second kappa shape index (κ2) is 58.6. The van der Waals surface area contributed by atoms with E-state index in [4.69, 9.17) is 14.2 Å². The van der Waals surface area contributed by atoms with E-state index in [0.29, 0.717) is 19.3 Å². The van der Waals surface area contributed by atoms with Crippen LogP contribution in [0.25, 0.3) is 0 Å². The minimum atomic E-state index is -0.823. The second-order valence-electron chi connectivity index (χ2n) is 19.2. The second-order valence-corrected chi connectivity index (χ2v) is 19.2. The normalized spacial score (nSPS) is 12.9. The third-order valence-corrected chi connectivity index (χ3v) is 12.2. The molecule has 0 aromatic heterocycles. The van der Waals surface area contributed by atoms with Gasteiger partial charge < -0.3 is 14.2 Å². The van der Waals surface area contributed by atoms with Crippen molar-refractivity contribution in [2.45, 2.75) is 271 Å². The van der Waals surface area contributed by atoms with E-state index in [-0.39, 0.29) is 37.5 Å². The first-order chi connectivity index (χ1) is 35.0. The Balaban J connectivity index is 4.53. The number of hydrogen-bond acceptors (Lipinski definition) is 6. The number of allylic oxidation sites excluding steroid dienone is 18. The summed E-state index contributed by atoms with van der Waals surface area (Å²) < 4.78 is 16.8. The van der Waals surface area contributed by atoms with Crippen LogP contribution in [-0.2, 0) is 28.6 Å². The Morgan fingerprint density at radius 2 is 0.563 bits per heavy atom. The van der Waals surface area contributed by atoms with Gasteiger partial charge in [0.15, 0.2) is 6.10 Å². The summed E-state index contributed by atoms with van der Waals surface area (Å²) in [6, 6.07) is 0. The summed E-state index contributed by atoms with van der Waals surface area (Å²) in [5, 5.41) is 0. The van der Waals surface area contributed by atoms with Crippen LogP contribution >= 0.6 is 0 Å². The number of rotatable bonds is 52. The van der Waals surface area contributed by atoms with E-state index < -0.39 is 6.10 Å². The van der Waals surface area contributed by atoms with Crippen LogP contribution in [0.15, 0.2) is 109 Å². The molecule has 0 N–H and O–H groups in total. The van der Waals surface area contributed by atoms with Crippen molar-refractivity contribution >= 4 is 17.9 Å². The predicted molar refractivity (Wildman–Crippen MR) is 307 cm³/mol. The molecule has 404 valence electrons. The van der Waals surface area contributed by atoms with Crippen molar-refractivity contribution in [3.05, 3.63) is 109 Å². The molecule has 0 bridgehead atoms. The standard InChI is InChI=1S/C65H108O6/c1-4-7-10-13-16-19-22-25-28-31-32-35-37-40-43-46-49-52-55-58-64(67)70-61-62(71-65(68)59-56-53-50-47-44-41-38-34-30-27-24-21-18-15-12-9-6-3)60-69-63(66)57-54-51-48-45-42-39-36-33-29-26-23-20-17-14-11-8-5-2/h7,10,16,19,25-30,32,35,38,40-41,43,47,50,62H,4-6,8-9,11-15,17-18,20-24,31,33-34,36-37,39,42,44-46,48-49,51-61H2,1-3H3/b10-7-,19-16-,28-25-,29-26-,30-27-,35-32-,41-38-,43-40-,50-47-. The minimum absolute atomic E-state index is 0.112. The minimum Gasteiger partial charge on any atom is -0.462 e. The average Bonchev–Trinajstić information content (AvgIpc) is 3.37. The summed E-state index contributed by atoms with van der Waals surface area (Å²) in [5.74, 6) is -1.00. The van der Waals surface area contributed by atoms with Crippen molar-refractivity contribution in [1.29, 1.82) is 0 Å². The van der Waals surface area contributed by atoms with Gasteiger partial charge in [-0.05, 0) is 122 Å². The Labute approximate surface area is 438 Å². The SMILES string of the molecule is CC/C=C\C/C=C\C/C=C\C/C=C\C/C=C\CCCCCC(=O)OCC(COC(=O)CCCCCCCCC/C=C\CCCCCCCC)OC(=O)CCC/C=C\C/C=C\C/C=C\CCCCCCCC. The maximum atomic E-state index is 12.8. The van der Waals surface area contributed by atoms with Gasteiger partial charge in [0.2, 0.25) is 0 Å². The number of carbonyl (C=O) groups is 3. The molecule has 0 aromatic rings. The molecule has 0 aliphatic heterocycles. The van der Waals surface area contributed by atoms with Crippen molar-refractivity contribution in [1.82, 2.24) is 0 Å². The Kier molecular flexibility index (Phi) is 55.4. The van der Waals surface area contributed by atoms with Gasteiger partial charge >= 0.3 is 17.9 Å². The molecule has 6 nitrogen and oxygen atoms in total. The molecular formula is C65H108O6. The molecule has 1 unspecified atom stereocenters. The number of ether oxygens (including phenoxy) is 3. The van der Waals surface area contributed by atoms with Gasteiger partial charge in [-0.25, -0.2) is 0 Å². The zero-order valence-corrected chi connectivity index (χ0v) is 46.2.